The molecule has 0 aliphatic rings. The van der Waals surface area contributed by atoms with Crippen LogP contribution in [0.4, 0.5) is 5.69 Å². The molecule has 13 heavy (non-hydrogen) atoms. The fraction of sp³-hybridized carbons (Fsp3) is 0.125. The maximum Gasteiger partial charge on any atom is 0.335 e. The summed E-state index contributed by atoms with van der Waals surface area (Å²) in [5.41, 5.74) is 6.88. The first kappa shape index (κ1) is 12.1. The van der Waals surface area contributed by atoms with E-state index < -0.39 is 5.97 Å². The fourth-order valence-electron chi connectivity index (χ4n) is 0.850. The third-order valence-corrected chi connectivity index (χ3v) is 1.82. The first-order valence-electron chi connectivity index (χ1n) is 3.33. The summed E-state index contributed by atoms with van der Waals surface area (Å²) in [5, 5.41) is 8.58. The van der Waals surface area contributed by atoms with Crippen molar-refractivity contribution in [3.63, 3.8) is 0 Å². The van der Waals surface area contributed by atoms with Crippen LogP contribution in [-0.4, -0.2) is 11.1 Å². The highest BCUT2D eigenvalue weighted by molar-refractivity contribution is 6.17. The van der Waals surface area contributed by atoms with Crippen LogP contribution in [0.3, 0.4) is 0 Å². The van der Waals surface area contributed by atoms with E-state index in [2.05, 4.69) is 0 Å². The van der Waals surface area contributed by atoms with Crippen molar-refractivity contribution >= 4 is 35.7 Å². The topological polar surface area (TPSA) is 63.3 Å². The monoisotopic (exact) mass is 221 g/mol. The van der Waals surface area contributed by atoms with Gasteiger partial charge in [-0.15, -0.1) is 24.0 Å². The first-order valence-corrected chi connectivity index (χ1v) is 3.86. The Bertz CT molecular complexity index is 315. The van der Waals surface area contributed by atoms with E-state index in [9.17, 15) is 4.79 Å². The number of benzene rings is 1. The SMILES string of the molecule is Cl.Nc1cc(C(=O)O)ccc1CCl. The molecule has 3 N–H and O–H groups in total. The largest absolute Gasteiger partial charge is 0.478 e. The number of halogens is 2. The van der Waals surface area contributed by atoms with Crippen molar-refractivity contribution in [3.8, 4) is 0 Å². The summed E-state index contributed by atoms with van der Waals surface area (Å²) in [5.74, 6) is -0.686. The van der Waals surface area contributed by atoms with Crippen LogP contribution in [0.5, 0.6) is 0 Å². The minimum Gasteiger partial charge on any atom is -0.478 e. The average Bonchev–Trinajstić information content (AvgIpc) is 2.04. The number of aromatic carboxylic acids is 1. The molecule has 3 nitrogen and oxygen atoms in total. The molecule has 72 valence electrons. The second-order valence-corrected chi connectivity index (χ2v) is 2.62. The third kappa shape index (κ3) is 2.79. The van der Waals surface area contributed by atoms with Gasteiger partial charge >= 0.3 is 5.97 Å². The lowest BCUT2D eigenvalue weighted by atomic mass is 10.1. The molecule has 5 heteroatoms. The first-order chi connectivity index (χ1) is 5.65. The van der Waals surface area contributed by atoms with Gasteiger partial charge in [-0.1, -0.05) is 6.07 Å². The smallest absolute Gasteiger partial charge is 0.335 e. The number of nitrogens with two attached hydrogens (primary N) is 1. The Morgan fingerprint density at radius 2 is 2.15 bits per heavy atom. The van der Waals surface area contributed by atoms with Crippen LogP contribution in [0.1, 0.15) is 15.9 Å². The molecule has 1 aromatic rings. The Hall–Kier alpha value is -0.930. The third-order valence-electron chi connectivity index (χ3n) is 1.54. The lowest BCUT2D eigenvalue weighted by Gasteiger charge is -2.01. The van der Waals surface area contributed by atoms with Gasteiger partial charge in [-0.3, -0.25) is 0 Å². The molecule has 0 fully saturated rings. The van der Waals surface area contributed by atoms with Crippen LogP contribution in [0.15, 0.2) is 18.2 Å². The van der Waals surface area contributed by atoms with Crippen molar-refractivity contribution in [3.05, 3.63) is 29.3 Å². The molecule has 0 saturated heterocycles. The van der Waals surface area contributed by atoms with Crippen LogP contribution in [0.2, 0.25) is 0 Å². The molecule has 1 rings (SSSR count). The molecule has 0 heterocycles. The van der Waals surface area contributed by atoms with Crippen molar-refractivity contribution in [1.29, 1.82) is 0 Å². The summed E-state index contributed by atoms with van der Waals surface area (Å²) in [4.78, 5) is 10.5. The van der Waals surface area contributed by atoms with Gasteiger partial charge in [-0.2, -0.15) is 0 Å². The zero-order chi connectivity index (χ0) is 9.14. The number of hydrogen-bond donors (Lipinski definition) is 2. The van der Waals surface area contributed by atoms with Crippen LogP contribution in [0.25, 0.3) is 0 Å². The molecule has 0 saturated carbocycles. The van der Waals surface area contributed by atoms with Crippen LogP contribution in [0, 0.1) is 0 Å². The van der Waals surface area contributed by atoms with Gasteiger partial charge in [0, 0.05) is 11.6 Å². The number of carbonyl (C=O) groups is 1. The number of carboxylic acids is 1. The minimum absolute atomic E-state index is 0. The van der Waals surface area contributed by atoms with E-state index in [4.69, 9.17) is 22.4 Å². The number of alkyl halides is 1. The van der Waals surface area contributed by atoms with Gasteiger partial charge in [0.15, 0.2) is 0 Å². The molecule has 0 aliphatic carbocycles. The second-order valence-electron chi connectivity index (χ2n) is 2.35. The Morgan fingerprint density at radius 1 is 1.54 bits per heavy atom. The molecule has 0 radical (unpaired) electrons. The summed E-state index contributed by atoms with van der Waals surface area (Å²) < 4.78 is 0. The standard InChI is InChI=1S/C8H8ClNO2.ClH/c9-4-6-2-1-5(8(11)12)3-7(6)10;/h1-3H,4,10H2,(H,11,12);1H. The molecule has 0 amide bonds. The zero-order valence-corrected chi connectivity index (χ0v) is 8.23. The van der Waals surface area contributed by atoms with Crippen molar-refractivity contribution in [2.24, 2.45) is 0 Å². The van der Waals surface area contributed by atoms with Gasteiger partial charge in [-0.25, -0.2) is 4.79 Å². The van der Waals surface area contributed by atoms with E-state index in [1.54, 1.807) is 6.07 Å². The molecule has 0 bridgehead atoms. The molecule has 1 aromatic carbocycles. The normalized spacial score (nSPS) is 9.00. The van der Waals surface area contributed by atoms with E-state index in [1.807, 2.05) is 0 Å². The number of nitrogen functional groups attached to an aromatic ring is 1. The summed E-state index contributed by atoms with van der Waals surface area (Å²) in [7, 11) is 0. The maximum atomic E-state index is 10.5. The molecule has 0 atom stereocenters. The predicted molar refractivity (Wildman–Crippen MR) is 54.6 cm³/mol. The van der Waals surface area contributed by atoms with E-state index in [0.29, 0.717) is 11.6 Å². The molecule has 0 spiro atoms. The van der Waals surface area contributed by atoms with Gasteiger partial charge in [0.2, 0.25) is 0 Å². The molecular weight excluding hydrogens is 213 g/mol. The zero-order valence-electron chi connectivity index (χ0n) is 6.66. The maximum absolute atomic E-state index is 10.5. The Kier molecular flexibility index (Phi) is 4.59. The molecule has 0 unspecified atom stereocenters. The summed E-state index contributed by atoms with van der Waals surface area (Å²) in [6, 6.07) is 4.50. The highest BCUT2D eigenvalue weighted by Gasteiger charge is 2.04. The Labute approximate surface area is 86.9 Å². The van der Waals surface area contributed by atoms with Crippen LogP contribution >= 0.6 is 24.0 Å². The number of anilines is 1. The van der Waals surface area contributed by atoms with Gasteiger partial charge in [0.25, 0.3) is 0 Å². The van der Waals surface area contributed by atoms with Gasteiger partial charge in [0.05, 0.1) is 5.56 Å². The lowest BCUT2D eigenvalue weighted by Crippen LogP contribution is -1.99. The highest BCUT2D eigenvalue weighted by atomic mass is 35.5. The van der Waals surface area contributed by atoms with Gasteiger partial charge in [0.1, 0.15) is 0 Å². The fourth-order valence-corrected chi connectivity index (χ4v) is 1.09. The van der Waals surface area contributed by atoms with Crippen molar-refractivity contribution in [2.45, 2.75) is 5.88 Å². The molecule has 0 aliphatic heterocycles. The van der Waals surface area contributed by atoms with E-state index >= 15 is 0 Å². The quantitative estimate of drug-likeness (QED) is 0.595. The minimum atomic E-state index is -0.983. The van der Waals surface area contributed by atoms with Crippen LogP contribution < -0.4 is 5.73 Å². The van der Waals surface area contributed by atoms with Gasteiger partial charge < -0.3 is 10.8 Å². The van der Waals surface area contributed by atoms with E-state index in [1.165, 1.54) is 12.1 Å². The van der Waals surface area contributed by atoms with Crippen molar-refractivity contribution in [1.82, 2.24) is 0 Å². The van der Waals surface area contributed by atoms with E-state index in [0.717, 1.165) is 5.56 Å². The summed E-state index contributed by atoms with van der Waals surface area (Å²) in [6.07, 6.45) is 0. The molecule has 0 aromatic heterocycles. The Morgan fingerprint density at radius 3 is 2.54 bits per heavy atom. The second kappa shape index (κ2) is 4.94. The average molecular weight is 222 g/mol. The lowest BCUT2D eigenvalue weighted by molar-refractivity contribution is 0.0697. The predicted octanol–water partition coefficient (Wildman–Crippen LogP) is 2.13. The van der Waals surface area contributed by atoms with Crippen molar-refractivity contribution in [2.75, 3.05) is 5.73 Å². The van der Waals surface area contributed by atoms with Crippen LogP contribution in [-0.2, 0) is 5.88 Å². The highest BCUT2D eigenvalue weighted by Crippen LogP contribution is 2.15. The van der Waals surface area contributed by atoms with Gasteiger partial charge in [-0.05, 0) is 17.7 Å². The molecular formula is C8H9Cl2NO2. The number of hydrogen-bond acceptors (Lipinski definition) is 2. The number of rotatable bonds is 2. The van der Waals surface area contributed by atoms with E-state index in [-0.39, 0.29) is 18.0 Å². The number of carboxylic acid groups (broad SMARTS) is 1. The van der Waals surface area contributed by atoms with Crippen molar-refractivity contribution < 1.29 is 9.90 Å². The Balaban J connectivity index is 0.00000144. The summed E-state index contributed by atoms with van der Waals surface area (Å²) >= 11 is 5.54. The summed E-state index contributed by atoms with van der Waals surface area (Å²) in [6.45, 7) is 0.